The first kappa shape index (κ1) is 12.7. The minimum Gasteiger partial charge on any atom is -0.389 e. The number of benzene rings is 1. The summed E-state index contributed by atoms with van der Waals surface area (Å²) in [5.41, 5.74) is 1.31. The van der Waals surface area contributed by atoms with E-state index < -0.39 is 5.60 Å². The Hall–Kier alpha value is -1.35. The van der Waals surface area contributed by atoms with Crippen LogP contribution in [0.5, 0.6) is 0 Å². The Balaban J connectivity index is 2.43. The van der Waals surface area contributed by atoms with Gasteiger partial charge in [-0.2, -0.15) is 0 Å². The van der Waals surface area contributed by atoms with Crippen molar-refractivity contribution in [3.8, 4) is 0 Å². The van der Waals surface area contributed by atoms with Crippen LogP contribution in [0.3, 0.4) is 0 Å². The molecule has 0 aliphatic heterocycles. The lowest BCUT2D eigenvalue weighted by Crippen LogP contribution is -2.38. The van der Waals surface area contributed by atoms with Crippen molar-refractivity contribution < 1.29 is 9.90 Å². The van der Waals surface area contributed by atoms with Crippen LogP contribution >= 0.6 is 0 Å². The third-order valence-corrected chi connectivity index (χ3v) is 2.20. The topological polar surface area (TPSA) is 49.3 Å². The molecule has 88 valence electrons. The Morgan fingerprint density at radius 1 is 1.31 bits per heavy atom. The Bertz CT molecular complexity index is 349. The van der Waals surface area contributed by atoms with E-state index in [9.17, 15) is 9.90 Å². The molecule has 1 amide bonds. The van der Waals surface area contributed by atoms with E-state index >= 15 is 0 Å². The van der Waals surface area contributed by atoms with Gasteiger partial charge in [0, 0.05) is 6.54 Å². The molecule has 1 aromatic rings. The number of nitrogens with one attached hydrogen (secondary N) is 1. The van der Waals surface area contributed by atoms with Gasteiger partial charge in [0.25, 0.3) is 0 Å². The minimum atomic E-state index is -0.858. The van der Waals surface area contributed by atoms with Crippen LogP contribution in [0.4, 0.5) is 0 Å². The highest BCUT2D eigenvalue weighted by Crippen LogP contribution is 2.04. The average molecular weight is 221 g/mol. The second-order valence-corrected chi connectivity index (χ2v) is 4.75. The molecule has 0 aliphatic rings. The Morgan fingerprint density at radius 3 is 2.38 bits per heavy atom. The first-order valence-corrected chi connectivity index (χ1v) is 5.41. The molecule has 1 rings (SSSR count). The standard InChI is InChI=1S/C13H19NO2/c1-10-4-6-11(7-5-10)8-12(15)14-9-13(2,3)16/h4-7,16H,8-9H2,1-3H3,(H,14,15). The van der Waals surface area contributed by atoms with Gasteiger partial charge >= 0.3 is 0 Å². The maximum absolute atomic E-state index is 11.5. The molecule has 0 aromatic heterocycles. The fourth-order valence-corrected chi connectivity index (χ4v) is 1.27. The maximum atomic E-state index is 11.5. The van der Waals surface area contributed by atoms with Crippen molar-refractivity contribution in [1.82, 2.24) is 5.32 Å². The Morgan fingerprint density at radius 2 is 1.88 bits per heavy atom. The van der Waals surface area contributed by atoms with Gasteiger partial charge in [-0.3, -0.25) is 4.79 Å². The normalized spacial score (nSPS) is 11.2. The van der Waals surface area contributed by atoms with E-state index in [1.165, 1.54) is 5.56 Å². The highest BCUT2D eigenvalue weighted by atomic mass is 16.3. The van der Waals surface area contributed by atoms with Gasteiger partial charge in [-0.25, -0.2) is 0 Å². The van der Waals surface area contributed by atoms with Gasteiger partial charge < -0.3 is 10.4 Å². The van der Waals surface area contributed by atoms with Crippen LogP contribution in [0.15, 0.2) is 24.3 Å². The molecule has 16 heavy (non-hydrogen) atoms. The summed E-state index contributed by atoms with van der Waals surface area (Å²) in [6.07, 6.45) is 0.357. The summed E-state index contributed by atoms with van der Waals surface area (Å²) >= 11 is 0. The summed E-state index contributed by atoms with van der Waals surface area (Å²) in [4.78, 5) is 11.5. The molecule has 0 spiro atoms. The molecule has 0 saturated carbocycles. The zero-order chi connectivity index (χ0) is 12.2. The smallest absolute Gasteiger partial charge is 0.224 e. The molecule has 0 heterocycles. The fraction of sp³-hybridized carbons (Fsp3) is 0.462. The molecule has 0 bridgehead atoms. The lowest BCUT2D eigenvalue weighted by atomic mass is 10.1. The SMILES string of the molecule is Cc1ccc(CC(=O)NCC(C)(C)O)cc1. The molecule has 0 radical (unpaired) electrons. The van der Waals surface area contributed by atoms with Crippen molar-refractivity contribution in [3.05, 3.63) is 35.4 Å². The van der Waals surface area contributed by atoms with Gasteiger partial charge in [-0.15, -0.1) is 0 Å². The van der Waals surface area contributed by atoms with Crippen molar-refractivity contribution in [2.24, 2.45) is 0 Å². The number of carbonyl (C=O) groups excluding carboxylic acids is 1. The van der Waals surface area contributed by atoms with Gasteiger partial charge in [0.05, 0.1) is 12.0 Å². The minimum absolute atomic E-state index is 0.0639. The van der Waals surface area contributed by atoms with Crippen LogP contribution < -0.4 is 5.32 Å². The lowest BCUT2D eigenvalue weighted by Gasteiger charge is -2.17. The molecule has 0 atom stereocenters. The fourth-order valence-electron chi connectivity index (χ4n) is 1.27. The van der Waals surface area contributed by atoms with Crippen molar-refractivity contribution in [2.45, 2.75) is 32.8 Å². The molecule has 0 saturated heterocycles. The van der Waals surface area contributed by atoms with E-state index in [1.807, 2.05) is 31.2 Å². The van der Waals surface area contributed by atoms with Crippen molar-refractivity contribution >= 4 is 5.91 Å². The molecule has 0 fully saturated rings. The van der Waals surface area contributed by atoms with Crippen LogP contribution in [0.25, 0.3) is 0 Å². The number of hydrogen-bond acceptors (Lipinski definition) is 2. The summed E-state index contributed by atoms with van der Waals surface area (Å²) in [6.45, 7) is 5.62. The number of amides is 1. The summed E-state index contributed by atoms with van der Waals surface area (Å²) in [5, 5.41) is 12.2. The summed E-state index contributed by atoms with van der Waals surface area (Å²) in [5.74, 6) is -0.0639. The molecular weight excluding hydrogens is 202 g/mol. The van der Waals surface area contributed by atoms with Gasteiger partial charge in [0.2, 0.25) is 5.91 Å². The van der Waals surface area contributed by atoms with E-state index in [0.29, 0.717) is 6.42 Å². The predicted octanol–water partition coefficient (Wildman–Crippen LogP) is 1.42. The molecular formula is C13H19NO2. The van der Waals surface area contributed by atoms with E-state index in [1.54, 1.807) is 13.8 Å². The Labute approximate surface area is 96.5 Å². The van der Waals surface area contributed by atoms with Crippen molar-refractivity contribution in [1.29, 1.82) is 0 Å². The van der Waals surface area contributed by atoms with Gasteiger partial charge in [0.15, 0.2) is 0 Å². The number of rotatable bonds is 4. The second kappa shape index (κ2) is 5.12. The van der Waals surface area contributed by atoms with E-state index in [-0.39, 0.29) is 12.5 Å². The summed E-state index contributed by atoms with van der Waals surface area (Å²) in [6, 6.07) is 7.86. The van der Waals surface area contributed by atoms with E-state index in [0.717, 1.165) is 5.56 Å². The number of aryl methyl sites for hydroxylation is 1. The maximum Gasteiger partial charge on any atom is 0.224 e. The highest BCUT2D eigenvalue weighted by Gasteiger charge is 2.13. The summed E-state index contributed by atoms with van der Waals surface area (Å²) in [7, 11) is 0. The summed E-state index contributed by atoms with van der Waals surface area (Å²) < 4.78 is 0. The zero-order valence-corrected chi connectivity index (χ0v) is 10.1. The molecule has 1 aromatic carbocycles. The first-order chi connectivity index (χ1) is 7.37. The molecule has 3 nitrogen and oxygen atoms in total. The van der Waals surface area contributed by atoms with Gasteiger partial charge in [-0.05, 0) is 26.3 Å². The van der Waals surface area contributed by atoms with Crippen LogP contribution in [0, 0.1) is 6.92 Å². The van der Waals surface area contributed by atoms with Crippen LogP contribution in [-0.2, 0) is 11.2 Å². The van der Waals surface area contributed by atoms with Crippen LogP contribution in [0.2, 0.25) is 0 Å². The second-order valence-electron chi connectivity index (χ2n) is 4.75. The van der Waals surface area contributed by atoms with Gasteiger partial charge in [-0.1, -0.05) is 29.8 Å². The molecule has 2 N–H and O–H groups in total. The first-order valence-electron chi connectivity index (χ1n) is 5.41. The van der Waals surface area contributed by atoms with E-state index in [4.69, 9.17) is 0 Å². The predicted molar refractivity (Wildman–Crippen MR) is 64.2 cm³/mol. The van der Waals surface area contributed by atoms with Gasteiger partial charge in [0.1, 0.15) is 0 Å². The zero-order valence-electron chi connectivity index (χ0n) is 10.1. The third-order valence-electron chi connectivity index (χ3n) is 2.20. The molecule has 0 aliphatic carbocycles. The van der Waals surface area contributed by atoms with Crippen LogP contribution in [-0.4, -0.2) is 23.2 Å². The number of carbonyl (C=O) groups is 1. The molecule has 3 heteroatoms. The number of hydrogen-bond donors (Lipinski definition) is 2. The largest absolute Gasteiger partial charge is 0.389 e. The quantitative estimate of drug-likeness (QED) is 0.808. The van der Waals surface area contributed by atoms with Crippen molar-refractivity contribution in [2.75, 3.05) is 6.54 Å². The van der Waals surface area contributed by atoms with Crippen molar-refractivity contribution in [3.63, 3.8) is 0 Å². The third kappa shape index (κ3) is 4.94. The Kier molecular flexibility index (Phi) is 4.07. The number of aliphatic hydroxyl groups is 1. The molecule has 0 unspecified atom stereocenters. The lowest BCUT2D eigenvalue weighted by molar-refractivity contribution is -0.121. The van der Waals surface area contributed by atoms with Crippen LogP contribution in [0.1, 0.15) is 25.0 Å². The monoisotopic (exact) mass is 221 g/mol. The van der Waals surface area contributed by atoms with E-state index in [2.05, 4.69) is 5.32 Å². The average Bonchev–Trinajstić information content (AvgIpc) is 2.18. The highest BCUT2D eigenvalue weighted by molar-refractivity contribution is 5.78.